The molecule has 0 radical (unpaired) electrons. The molecule has 0 unspecified atom stereocenters. The highest BCUT2D eigenvalue weighted by Crippen LogP contribution is 2.24. The van der Waals surface area contributed by atoms with Gasteiger partial charge < -0.3 is 4.42 Å². The average Bonchev–Trinajstić information content (AvgIpc) is 2.85. The Morgan fingerprint density at radius 3 is 2.56 bits per heavy atom. The Kier molecular flexibility index (Phi) is 4.37. The second-order valence-electron chi connectivity index (χ2n) is 4.00. The second-order valence-corrected chi connectivity index (χ2v) is 4.56. The Morgan fingerprint density at radius 1 is 1.22 bits per heavy atom. The Labute approximate surface area is 114 Å². The number of hydrogen-bond donors (Lipinski definition) is 0. The zero-order chi connectivity index (χ0) is 13.0. The van der Waals surface area contributed by atoms with Gasteiger partial charge in [-0.2, -0.15) is 0 Å². The molecule has 0 fully saturated rings. The lowest BCUT2D eigenvalue weighted by Gasteiger charge is -1.98. The van der Waals surface area contributed by atoms with Crippen molar-refractivity contribution in [3.63, 3.8) is 0 Å². The van der Waals surface area contributed by atoms with Gasteiger partial charge in [-0.05, 0) is 48.9 Å². The van der Waals surface area contributed by atoms with Crippen LogP contribution in [-0.4, -0.2) is 5.33 Å². The first-order chi connectivity index (χ1) is 8.72. The number of allylic oxidation sites excluding steroid dienone is 1. The van der Waals surface area contributed by atoms with Crippen LogP contribution in [0.3, 0.4) is 0 Å². The largest absolute Gasteiger partial charge is 0.457 e. The first-order valence-electron chi connectivity index (χ1n) is 5.84. The zero-order valence-corrected chi connectivity index (χ0v) is 11.7. The SMILES string of the molecule is CCC(=Cc1ccc(-c2ccc(F)cc2)o1)CBr. The molecule has 0 spiro atoms. The van der Waals surface area contributed by atoms with Crippen molar-refractivity contribution in [1.29, 1.82) is 0 Å². The summed E-state index contributed by atoms with van der Waals surface area (Å²) in [5.41, 5.74) is 2.16. The summed E-state index contributed by atoms with van der Waals surface area (Å²) in [5, 5.41) is 0.843. The smallest absolute Gasteiger partial charge is 0.134 e. The van der Waals surface area contributed by atoms with Gasteiger partial charge in [0.05, 0.1) is 0 Å². The van der Waals surface area contributed by atoms with Crippen LogP contribution in [0.2, 0.25) is 0 Å². The molecule has 0 aliphatic carbocycles. The lowest BCUT2D eigenvalue weighted by atomic mass is 10.2. The average molecular weight is 309 g/mol. The van der Waals surface area contributed by atoms with E-state index >= 15 is 0 Å². The van der Waals surface area contributed by atoms with E-state index in [1.165, 1.54) is 17.7 Å². The molecule has 0 amide bonds. The fourth-order valence-corrected chi connectivity index (χ4v) is 2.19. The molecular formula is C15H14BrFO. The fraction of sp³-hybridized carbons (Fsp3) is 0.200. The van der Waals surface area contributed by atoms with Gasteiger partial charge >= 0.3 is 0 Å². The van der Waals surface area contributed by atoms with Gasteiger partial charge in [0, 0.05) is 10.9 Å². The van der Waals surface area contributed by atoms with E-state index in [-0.39, 0.29) is 5.82 Å². The minimum absolute atomic E-state index is 0.238. The van der Waals surface area contributed by atoms with Gasteiger partial charge in [0.25, 0.3) is 0 Å². The second kappa shape index (κ2) is 6.01. The minimum Gasteiger partial charge on any atom is -0.457 e. The molecule has 0 saturated carbocycles. The van der Waals surface area contributed by atoms with Crippen molar-refractivity contribution in [2.75, 3.05) is 5.33 Å². The fourth-order valence-electron chi connectivity index (χ4n) is 1.64. The topological polar surface area (TPSA) is 13.1 Å². The summed E-state index contributed by atoms with van der Waals surface area (Å²) in [6, 6.07) is 10.1. The van der Waals surface area contributed by atoms with E-state index in [0.717, 1.165) is 28.8 Å². The van der Waals surface area contributed by atoms with Crippen molar-refractivity contribution in [3.05, 3.63) is 53.5 Å². The molecule has 0 saturated heterocycles. The molecule has 0 aliphatic heterocycles. The number of rotatable bonds is 4. The van der Waals surface area contributed by atoms with E-state index in [2.05, 4.69) is 22.9 Å². The highest BCUT2D eigenvalue weighted by molar-refractivity contribution is 9.09. The molecule has 1 heterocycles. The van der Waals surface area contributed by atoms with E-state index in [4.69, 9.17) is 4.42 Å². The normalized spacial score (nSPS) is 11.8. The molecule has 0 bridgehead atoms. The Bertz CT molecular complexity index is 534. The van der Waals surface area contributed by atoms with Gasteiger partial charge in [-0.3, -0.25) is 0 Å². The third-order valence-electron chi connectivity index (χ3n) is 2.73. The van der Waals surface area contributed by atoms with Crippen LogP contribution in [-0.2, 0) is 0 Å². The summed E-state index contributed by atoms with van der Waals surface area (Å²) < 4.78 is 18.5. The molecule has 3 heteroatoms. The van der Waals surface area contributed by atoms with Gasteiger partial charge in [0.15, 0.2) is 0 Å². The number of alkyl halides is 1. The van der Waals surface area contributed by atoms with Crippen LogP contribution in [0, 0.1) is 5.82 Å². The third kappa shape index (κ3) is 3.10. The molecular weight excluding hydrogens is 295 g/mol. The van der Waals surface area contributed by atoms with E-state index in [1.54, 1.807) is 12.1 Å². The van der Waals surface area contributed by atoms with Gasteiger partial charge in [-0.25, -0.2) is 4.39 Å². The van der Waals surface area contributed by atoms with Crippen LogP contribution in [0.25, 0.3) is 17.4 Å². The predicted molar refractivity (Wildman–Crippen MR) is 76.2 cm³/mol. The molecule has 2 rings (SSSR count). The van der Waals surface area contributed by atoms with E-state index in [1.807, 2.05) is 18.2 Å². The highest BCUT2D eigenvalue weighted by Gasteiger charge is 2.04. The van der Waals surface area contributed by atoms with Crippen LogP contribution >= 0.6 is 15.9 Å². The predicted octanol–water partition coefficient (Wildman–Crippen LogP) is 5.27. The summed E-state index contributed by atoms with van der Waals surface area (Å²) in [6.07, 6.45) is 3.01. The summed E-state index contributed by atoms with van der Waals surface area (Å²) >= 11 is 3.44. The van der Waals surface area contributed by atoms with Gasteiger partial charge in [0.1, 0.15) is 17.3 Å². The maximum absolute atomic E-state index is 12.8. The molecule has 0 aliphatic rings. The van der Waals surface area contributed by atoms with E-state index < -0.39 is 0 Å². The molecule has 1 aromatic heterocycles. The minimum atomic E-state index is -0.238. The van der Waals surface area contributed by atoms with Crippen molar-refractivity contribution < 1.29 is 8.81 Å². The highest BCUT2D eigenvalue weighted by atomic mass is 79.9. The van der Waals surface area contributed by atoms with Crippen molar-refractivity contribution in [2.24, 2.45) is 0 Å². The van der Waals surface area contributed by atoms with Crippen LogP contribution < -0.4 is 0 Å². The number of halogens is 2. The lowest BCUT2D eigenvalue weighted by molar-refractivity contribution is 0.570. The summed E-state index contributed by atoms with van der Waals surface area (Å²) in [6.45, 7) is 2.11. The van der Waals surface area contributed by atoms with Crippen molar-refractivity contribution >= 4 is 22.0 Å². The molecule has 2 aromatic rings. The van der Waals surface area contributed by atoms with Crippen LogP contribution in [0.5, 0.6) is 0 Å². The third-order valence-corrected chi connectivity index (χ3v) is 3.45. The molecule has 0 atom stereocenters. The maximum Gasteiger partial charge on any atom is 0.134 e. The maximum atomic E-state index is 12.8. The van der Waals surface area contributed by atoms with Crippen molar-refractivity contribution in [2.45, 2.75) is 13.3 Å². The molecule has 94 valence electrons. The lowest BCUT2D eigenvalue weighted by Crippen LogP contribution is -1.80. The number of hydrogen-bond acceptors (Lipinski definition) is 1. The standard InChI is InChI=1S/C15H14BrFO/c1-2-11(10-16)9-14-7-8-15(18-14)12-3-5-13(17)6-4-12/h3-9H,2,10H2,1H3. The summed E-state index contributed by atoms with van der Waals surface area (Å²) in [7, 11) is 0. The zero-order valence-electron chi connectivity index (χ0n) is 10.1. The molecule has 0 N–H and O–H groups in total. The van der Waals surface area contributed by atoms with Gasteiger partial charge in [-0.15, -0.1) is 0 Å². The monoisotopic (exact) mass is 308 g/mol. The number of benzene rings is 1. The first-order valence-corrected chi connectivity index (χ1v) is 6.96. The van der Waals surface area contributed by atoms with Crippen LogP contribution in [0.4, 0.5) is 4.39 Å². The molecule has 1 nitrogen and oxygen atoms in total. The van der Waals surface area contributed by atoms with Crippen molar-refractivity contribution in [1.82, 2.24) is 0 Å². The van der Waals surface area contributed by atoms with Gasteiger partial charge in [-0.1, -0.05) is 28.4 Å². The van der Waals surface area contributed by atoms with Crippen LogP contribution in [0.1, 0.15) is 19.1 Å². The molecule has 18 heavy (non-hydrogen) atoms. The Balaban J connectivity index is 2.25. The Hall–Kier alpha value is -1.35. The van der Waals surface area contributed by atoms with E-state index in [0.29, 0.717) is 0 Å². The first kappa shape index (κ1) is 13.1. The summed E-state index contributed by atoms with van der Waals surface area (Å²) in [4.78, 5) is 0. The van der Waals surface area contributed by atoms with Crippen molar-refractivity contribution in [3.8, 4) is 11.3 Å². The molecule has 1 aromatic carbocycles. The summed E-state index contributed by atoms with van der Waals surface area (Å²) in [5.74, 6) is 1.34. The number of furan rings is 1. The van der Waals surface area contributed by atoms with E-state index in [9.17, 15) is 4.39 Å². The van der Waals surface area contributed by atoms with Gasteiger partial charge in [0.2, 0.25) is 0 Å². The quantitative estimate of drug-likeness (QED) is 0.701. The Morgan fingerprint density at radius 2 is 1.94 bits per heavy atom. The van der Waals surface area contributed by atoms with Crippen LogP contribution in [0.15, 0.2) is 46.4 Å².